The van der Waals surface area contributed by atoms with Crippen LogP contribution in [0.15, 0.2) is 28.7 Å². The monoisotopic (exact) mass is 382 g/mol. The number of nitrogens with zero attached hydrogens (tertiary/aromatic N) is 2. The Morgan fingerprint density at radius 2 is 2.20 bits per heavy atom. The average molecular weight is 383 g/mol. The van der Waals surface area contributed by atoms with Gasteiger partial charge in [-0.15, -0.1) is 0 Å². The number of carbonyl (C=O) groups excluding carboxylic acids is 1. The van der Waals surface area contributed by atoms with Crippen LogP contribution in [0.5, 0.6) is 0 Å². The zero-order chi connectivity index (χ0) is 18.2. The topological polar surface area (TPSA) is 80.5 Å². The number of aryl methyl sites for hydroxylation is 1. The number of hydrogen-bond donors (Lipinski definition) is 0. The number of oxazole rings is 1. The maximum Gasteiger partial charge on any atom is 0.228 e. The number of benzene rings is 1. The van der Waals surface area contributed by atoms with Gasteiger partial charge in [0.1, 0.15) is 5.76 Å². The molecule has 134 valence electrons. The summed E-state index contributed by atoms with van der Waals surface area (Å²) in [6, 6.07) is 6.87. The van der Waals surface area contributed by atoms with Crippen molar-refractivity contribution in [2.24, 2.45) is 0 Å². The fraction of sp³-hybridized carbons (Fsp3) is 0.412. The van der Waals surface area contributed by atoms with Crippen molar-refractivity contribution in [2.45, 2.75) is 25.8 Å². The molecule has 1 aromatic heterocycles. The molecule has 3 rings (SSSR count). The lowest BCUT2D eigenvalue weighted by Gasteiger charge is -2.23. The third kappa shape index (κ3) is 4.04. The first-order valence-corrected chi connectivity index (χ1v) is 10.1. The number of hydrogen-bond acceptors (Lipinski definition) is 5. The average Bonchev–Trinajstić information content (AvgIpc) is 3.09. The van der Waals surface area contributed by atoms with Gasteiger partial charge in [0.2, 0.25) is 11.8 Å². The van der Waals surface area contributed by atoms with Crippen LogP contribution in [0.3, 0.4) is 0 Å². The Kier molecular flexibility index (Phi) is 4.88. The Morgan fingerprint density at radius 3 is 2.84 bits per heavy atom. The summed E-state index contributed by atoms with van der Waals surface area (Å²) in [5.74, 6) is 0.971. The molecular weight excluding hydrogens is 364 g/mol. The molecule has 2 heterocycles. The van der Waals surface area contributed by atoms with Crippen LogP contribution in [-0.4, -0.2) is 48.8 Å². The number of aromatic nitrogens is 1. The van der Waals surface area contributed by atoms with Crippen molar-refractivity contribution < 1.29 is 17.6 Å². The van der Waals surface area contributed by atoms with Crippen LogP contribution in [0, 0.1) is 6.92 Å². The van der Waals surface area contributed by atoms with Crippen LogP contribution in [0.4, 0.5) is 0 Å². The summed E-state index contributed by atoms with van der Waals surface area (Å²) in [6.45, 7) is 1.75. The number of amides is 1. The van der Waals surface area contributed by atoms with Crippen molar-refractivity contribution >= 4 is 27.3 Å². The van der Waals surface area contributed by atoms with Gasteiger partial charge < -0.3 is 9.32 Å². The largest absolute Gasteiger partial charge is 0.441 e. The minimum atomic E-state index is -3.03. The Morgan fingerprint density at radius 1 is 1.44 bits per heavy atom. The van der Waals surface area contributed by atoms with Gasteiger partial charge in [0.25, 0.3) is 0 Å². The van der Waals surface area contributed by atoms with Gasteiger partial charge in [-0.2, -0.15) is 0 Å². The van der Waals surface area contributed by atoms with Crippen LogP contribution < -0.4 is 0 Å². The fourth-order valence-corrected chi connectivity index (χ4v) is 4.85. The highest BCUT2D eigenvalue weighted by molar-refractivity contribution is 7.91. The maximum atomic E-state index is 12.5. The van der Waals surface area contributed by atoms with Crippen molar-refractivity contribution in [1.82, 2.24) is 9.88 Å². The smallest absolute Gasteiger partial charge is 0.228 e. The second-order valence-corrected chi connectivity index (χ2v) is 8.94. The Hall–Kier alpha value is -1.86. The SMILES string of the molecule is Cc1oc(-c2cccc(Cl)c2)nc1CC(=O)N(C)C1CCS(=O)(=O)C1. The number of carbonyl (C=O) groups is 1. The van der Waals surface area contributed by atoms with E-state index in [1.807, 2.05) is 6.07 Å². The summed E-state index contributed by atoms with van der Waals surface area (Å²) in [7, 11) is -1.39. The van der Waals surface area contributed by atoms with Gasteiger partial charge in [0.15, 0.2) is 9.84 Å². The summed E-state index contributed by atoms with van der Waals surface area (Å²) in [5, 5.41) is 0.577. The lowest BCUT2D eigenvalue weighted by atomic mass is 10.2. The summed E-state index contributed by atoms with van der Waals surface area (Å²) in [5.41, 5.74) is 1.29. The highest BCUT2D eigenvalue weighted by atomic mass is 35.5. The van der Waals surface area contributed by atoms with Crippen LogP contribution >= 0.6 is 11.6 Å². The van der Waals surface area contributed by atoms with E-state index >= 15 is 0 Å². The Bertz CT molecular complexity index is 907. The van der Waals surface area contributed by atoms with Gasteiger partial charge >= 0.3 is 0 Å². The molecule has 1 aromatic carbocycles. The molecule has 0 aliphatic carbocycles. The molecular formula is C17H19ClN2O4S. The summed E-state index contributed by atoms with van der Waals surface area (Å²) in [6.07, 6.45) is 0.555. The van der Waals surface area contributed by atoms with E-state index in [0.29, 0.717) is 28.8 Å². The van der Waals surface area contributed by atoms with Crippen LogP contribution in [0.2, 0.25) is 5.02 Å². The van der Waals surface area contributed by atoms with E-state index in [4.69, 9.17) is 16.0 Å². The standard InChI is InChI=1S/C17H19ClN2O4S/c1-11-15(19-17(24-11)12-4-3-5-13(18)8-12)9-16(21)20(2)14-6-7-25(22,23)10-14/h3-5,8,14H,6-7,9-10H2,1-2H3. The molecule has 1 amide bonds. The zero-order valence-electron chi connectivity index (χ0n) is 14.0. The minimum Gasteiger partial charge on any atom is -0.441 e. The summed E-state index contributed by atoms with van der Waals surface area (Å²) < 4.78 is 28.8. The normalized spacial score (nSPS) is 19.1. The van der Waals surface area contributed by atoms with Crippen LogP contribution in [0.25, 0.3) is 11.5 Å². The molecule has 0 bridgehead atoms. The van der Waals surface area contributed by atoms with Gasteiger partial charge in [-0.1, -0.05) is 17.7 Å². The number of halogens is 1. The molecule has 25 heavy (non-hydrogen) atoms. The van der Waals surface area contributed by atoms with Gasteiger partial charge in [-0.05, 0) is 31.5 Å². The van der Waals surface area contributed by atoms with Crippen molar-refractivity contribution in [2.75, 3.05) is 18.6 Å². The lowest BCUT2D eigenvalue weighted by molar-refractivity contribution is -0.130. The van der Waals surface area contributed by atoms with E-state index in [1.54, 1.807) is 32.2 Å². The molecule has 0 radical (unpaired) electrons. The highest BCUT2D eigenvalue weighted by Crippen LogP contribution is 2.25. The maximum absolute atomic E-state index is 12.5. The van der Waals surface area contributed by atoms with Crippen molar-refractivity contribution in [3.05, 3.63) is 40.7 Å². The van der Waals surface area contributed by atoms with E-state index in [9.17, 15) is 13.2 Å². The quantitative estimate of drug-likeness (QED) is 0.811. The second kappa shape index (κ2) is 6.80. The van der Waals surface area contributed by atoms with Gasteiger partial charge in [0.05, 0.1) is 23.6 Å². The number of likely N-dealkylation sites (N-methyl/N-ethyl adjacent to an activating group) is 1. The zero-order valence-corrected chi connectivity index (χ0v) is 15.6. The molecule has 0 N–H and O–H groups in total. The lowest BCUT2D eigenvalue weighted by Crippen LogP contribution is -2.38. The van der Waals surface area contributed by atoms with E-state index in [0.717, 1.165) is 5.56 Å². The second-order valence-electron chi connectivity index (χ2n) is 6.27. The predicted octanol–water partition coefficient (Wildman–Crippen LogP) is 2.49. The van der Waals surface area contributed by atoms with Crippen molar-refractivity contribution in [3.63, 3.8) is 0 Å². The molecule has 0 spiro atoms. The van der Waals surface area contributed by atoms with Crippen LogP contribution in [-0.2, 0) is 21.1 Å². The highest BCUT2D eigenvalue weighted by Gasteiger charge is 2.33. The third-order valence-electron chi connectivity index (χ3n) is 4.43. The predicted molar refractivity (Wildman–Crippen MR) is 95.2 cm³/mol. The van der Waals surface area contributed by atoms with E-state index in [2.05, 4.69) is 4.98 Å². The summed E-state index contributed by atoms with van der Waals surface area (Å²) >= 11 is 5.98. The molecule has 1 aliphatic rings. The number of sulfone groups is 1. The van der Waals surface area contributed by atoms with E-state index < -0.39 is 9.84 Å². The third-order valence-corrected chi connectivity index (χ3v) is 6.42. The molecule has 8 heteroatoms. The number of rotatable bonds is 4. The first kappa shape index (κ1) is 17.9. The molecule has 1 unspecified atom stereocenters. The molecule has 0 saturated carbocycles. The van der Waals surface area contributed by atoms with Crippen molar-refractivity contribution in [3.8, 4) is 11.5 Å². The Labute approximate surface area is 151 Å². The Balaban J connectivity index is 1.74. The molecule has 1 fully saturated rings. The molecule has 1 atom stereocenters. The van der Waals surface area contributed by atoms with Gasteiger partial charge in [-0.25, -0.2) is 13.4 Å². The first-order chi connectivity index (χ1) is 11.7. The van der Waals surface area contributed by atoms with E-state index in [1.165, 1.54) is 4.90 Å². The summed E-state index contributed by atoms with van der Waals surface area (Å²) in [4.78, 5) is 18.4. The van der Waals surface area contributed by atoms with Crippen LogP contribution in [0.1, 0.15) is 17.9 Å². The molecule has 1 aliphatic heterocycles. The van der Waals surface area contributed by atoms with Gasteiger partial charge in [0, 0.05) is 23.7 Å². The van der Waals surface area contributed by atoms with E-state index in [-0.39, 0.29) is 29.9 Å². The fourth-order valence-electron chi connectivity index (χ4n) is 2.89. The molecule has 2 aromatic rings. The molecule has 6 nitrogen and oxygen atoms in total. The first-order valence-electron chi connectivity index (χ1n) is 7.93. The van der Waals surface area contributed by atoms with Gasteiger partial charge in [-0.3, -0.25) is 4.79 Å². The molecule has 1 saturated heterocycles. The van der Waals surface area contributed by atoms with Crippen molar-refractivity contribution in [1.29, 1.82) is 0 Å². The minimum absolute atomic E-state index is 0.0286.